The van der Waals surface area contributed by atoms with E-state index in [1.165, 1.54) is 12.1 Å². The van der Waals surface area contributed by atoms with Gasteiger partial charge >= 0.3 is 0 Å². The second-order valence-corrected chi connectivity index (χ2v) is 5.82. The molecule has 1 atom stereocenters. The monoisotopic (exact) mass is 310 g/mol. The summed E-state index contributed by atoms with van der Waals surface area (Å²) in [5.74, 6) is 0.494. The number of hydrogen-bond acceptors (Lipinski definition) is 1. The normalized spacial score (nSPS) is 14.8. The van der Waals surface area contributed by atoms with Crippen LogP contribution in [0.4, 0.5) is 4.39 Å². The van der Waals surface area contributed by atoms with Gasteiger partial charge in [-0.05, 0) is 47.9 Å². The molecule has 1 aliphatic rings. The van der Waals surface area contributed by atoms with Gasteiger partial charge in [-0.3, -0.25) is 0 Å². The van der Waals surface area contributed by atoms with Crippen molar-refractivity contribution < 1.29 is 9.13 Å². The summed E-state index contributed by atoms with van der Waals surface area (Å²) < 4.78 is 19.1. The molecular formula is C16H13Cl2FO. The lowest BCUT2D eigenvalue weighted by Crippen LogP contribution is -2.00. The zero-order chi connectivity index (χ0) is 14.3. The number of benzene rings is 2. The van der Waals surface area contributed by atoms with Crippen LogP contribution in [0.2, 0.25) is 5.02 Å². The minimum atomic E-state index is -0.476. The Labute approximate surface area is 127 Å². The number of halogens is 3. The smallest absolute Gasteiger partial charge is 0.127 e. The Morgan fingerprint density at radius 2 is 2.00 bits per heavy atom. The van der Waals surface area contributed by atoms with E-state index in [2.05, 4.69) is 0 Å². The van der Waals surface area contributed by atoms with Crippen molar-refractivity contribution in [2.24, 2.45) is 0 Å². The summed E-state index contributed by atoms with van der Waals surface area (Å²) in [6.07, 6.45) is 0.828. The first-order valence-electron chi connectivity index (χ1n) is 6.41. The van der Waals surface area contributed by atoms with Crippen molar-refractivity contribution in [2.75, 3.05) is 6.61 Å². The van der Waals surface area contributed by atoms with Gasteiger partial charge in [-0.15, -0.1) is 11.6 Å². The predicted octanol–water partition coefficient (Wildman–Crippen LogP) is 5.05. The Hall–Kier alpha value is -1.25. The largest absolute Gasteiger partial charge is 0.493 e. The second kappa shape index (κ2) is 5.27. The summed E-state index contributed by atoms with van der Waals surface area (Å²) >= 11 is 12.7. The lowest BCUT2D eigenvalue weighted by Gasteiger charge is -2.17. The van der Waals surface area contributed by atoms with E-state index in [1.54, 1.807) is 12.1 Å². The fourth-order valence-electron chi connectivity index (χ4n) is 2.54. The maximum Gasteiger partial charge on any atom is 0.127 e. The highest BCUT2D eigenvalue weighted by molar-refractivity contribution is 6.31. The van der Waals surface area contributed by atoms with Crippen molar-refractivity contribution in [1.29, 1.82) is 0 Å². The van der Waals surface area contributed by atoms with E-state index in [4.69, 9.17) is 27.9 Å². The van der Waals surface area contributed by atoms with Gasteiger partial charge in [-0.2, -0.15) is 0 Å². The van der Waals surface area contributed by atoms with Gasteiger partial charge in [0, 0.05) is 17.0 Å². The molecule has 0 aromatic heterocycles. The predicted molar refractivity (Wildman–Crippen MR) is 79.5 cm³/mol. The molecular weight excluding hydrogens is 298 g/mol. The van der Waals surface area contributed by atoms with Crippen molar-refractivity contribution in [3.05, 3.63) is 63.4 Å². The third-order valence-electron chi connectivity index (χ3n) is 3.56. The van der Waals surface area contributed by atoms with Gasteiger partial charge in [0.15, 0.2) is 0 Å². The molecule has 0 spiro atoms. The van der Waals surface area contributed by atoms with Gasteiger partial charge in [0.1, 0.15) is 11.6 Å². The highest BCUT2D eigenvalue weighted by Gasteiger charge is 2.24. The third kappa shape index (κ3) is 2.38. The topological polar surface area (TPSA) is 9.23 Å². The molecule has 20 heavy (non-hydrogen) atoms. The van der Waals surface area contributed by atoms with Crippen molar-refractivity contribution in [3.63, 3.8) is 0 Å². The van der Waals surface area contributed by atoms with Crippen LogP contribution in [-0.4, -0.2) is 6.61 Å². The van der Waals surface area contributed by atoms with Crippen LogP contribution in [-0.2, 0) is 6.42 Å². The Kier molecular flexibility index (Phi) is 3.61. The lowest BCUT2D eigenvalue weighted by molar-refractivity contribution is 0.353. The average molecular weight is 311 g/mol. The molecule has 1 aliphatic heterocycles. The standard InChI is InChI=1S/C16H13Cl2FO/c1-9-2-3-12(19)8-13(9)15(18)14-7-11(17)6-10-4-5-20-16(10)14/h2-3,6-8,15H,4-5H2,1H3. The first-order valence-corrected chi connectivity index (χ1v) is 7.23. The zero-order valence-corrected chi connectivity index (χ0v) is 12.4. The number of fused-ring (bicyclic) bond motifs is 1. The van der Waals surface area contributed by atoms with Gasteiger partial charge in [0.25, 0.3) is 0 Å². The number of aryl methyl sites for hydroxylation is 1. The first-order chi connectivity index (χ1) is 9.56. The fraction of sp³-hybridized carbons (Fsp3) is 0.250. The molecule has 0 saturated carbocycles. The van der Waals surface area contributed by atoms with Crippen LogP contribution >= 0.6 is 23.2 Å². The van der Waals surface area contributed by atoms with E-state index < -0.39 is 5.38 Å². The Bertz CT molecular complexity index is 670. The van der Waals surface area contributed by atoms with E-state index in [-0.39, 0.29) is 5.82 Å². The van der Waals surface area contributed by atoms with Crippen molar-refractivity contribution in [3.8, 4) is 5.75 Å². The lowest BCUT2D eigenvalue weighted by atomic mass is 9.97. The highest BCUT2D eigenvalue weighted by atomic mass is 35.5. The quantitative estimate of drug-likeness (QED) is 0.705. The molecule has 0 amide bonds. The molecule has 0 aliphatic carbocycles. The summed E-state index contributed by atoms with van der Waals surface area (Å²) in [6, 6.07) is 8.32. The summed E-state index contributed by atoms with van der Waals surface area (Å²) in [4.78, 5) is 0. The van der Waals surface area contributed by atoms with E-state index in [1.807, 2.05) is 13.0 Å². The number of alkyl halides is 1. The molecule has 1 nitrogen and oxygen atoms in total. The van der Waals surface area contributed by atoms with Crippen molar-refractivity contribution >= 4 is 23.2 Å². The SMILES string of the molecule is Cc1ccc(F)cc1C(Cl)c1cc(Cl)cc2c1OCC2. The van der Waals surface area contributed by atoms with Crippen LogP contribution in [0.25, 0.3) is 0 Å². The number of ether oxygens (including phenoxy) is 1. The summed E-state index contributed by atoms with van der Waals surface area (Å²) in [6.45, 7) is 2.55. The van der Waals surface area contributed by atoms with Crippen LogP contribution in [0, 0.1) is 12.7 Å². The molecule has 0 fully saturated rings. The third-order valence-corrected chi connectivity index (χ3v) is 4.25. The maximum absolute atomic E-state index is 13.5. The van der Waals surface area contributed by atoms with Crippen LogP contribution in [0.15, 0.2) is 30.3 Å². The molecule has 0 bridgehead atoms. The van der Waals surface area contributed by atoms with Crippen LogP contribution < -0.4 is 4.74 Å². The number of rotatable bonds is 2. The van der Waals surface area contributed by atoms with Crippen LogP contribution in [0.1, 0.15) is 27.6 Å². The molecule has 2 aromatic rings. The molecule has 2 aromatic carbocycles. The van der Waals surface area contributed by atoms with Gasteiger partial charge in [-0.1, -0.05) is 17.7 Å². The fourth-order valence-corrected chi connectivity index (χ4v) is 3.18. The van der Waals surface area contributed by atoms with Crippen molar-refractivity contribution in [2.45, 2.75) is 18.7 Å². The summed E-state index contributed by atoms with van der Waals surface area (Å²) in [7, 11) is 0. The molecule has 0 N–H and O–H groups in total. The highest BCUT2D eigenvalue weighted by Crippen LogP contribution is 2.42. The number of hydrogen-bond donors (Lipinski definition) is 0. The van der Waals surface area contributed by atoms with Gasteiger partial charge in [0.05, 0.1) is 12.0 Å². The van der Waals surface area contributed by atoms with E-state index in [0.29, 0.717) is 11.6 Å². The first kappa shape index (κ1) is 13.7. The summed E-state index contributed by atoms with van der Waals surface area (Å²) in [5.41, 5.74) is 3.55. The molecule has 4 heteroatoms. The summed E-state index contributed by atoms with van der Waals surface area (Å²) in [5, 5.41) is 0.153. The zero-order valence-electron chi connectivity index (χ0n) is 10.9. The van der Waals surface area contributed by atoms with E-state index in [0.717, 1.165) is 34.4 Å². The molecule has 1 unspecified atom stereocenters. The molecule has 104 valence electrons. The van der Waals surface area contributed by atoms with Gasteiger partial charge in [-0.25, -0.2) is 4.39 Å². The minimum absolute atomic E-state index is 0.296. The molecule has 0 saturated heterocycles. The van der Waals surface area contributed by atoms with Gasteiger partial charge in [0.2, 0.25) is 0 Å². The van der Waals surface area contributed by atoms with E-state index in [9.17, 15) is 4.39 Å². The van der Waals surface area contributed by atoms with Crippen molar-refractivity contribution in [1.82, 2.24) is 0 Å². The van der Waals surface area contributed by atoms with Gasteiger partial charge < -0.3 is 4.74 Å². The Morgan fingerprint density at radius 1 is 1.20 bits per heavy atom. The minimum Gasteiger partial charge on any atom is -0.493 e. The Balaban J connectivity index is 2.11. The Morgan fingerprint density at radius 3 is 2.80 bits per heavy atom. The molecule has 3 rings (SSSR count). The van der Waals surface area contributed by atoms with E-state index >= 15 is 0 Å². The maximum atomic E-state index is 13.5. The van der Waals surface area contributed by atoms with Crippen LogP contribution in [0.3, 0.4) is 0 Å². The second-order valence-electron chi connectivity index (χ2n) is 4.95. The van der Waals surface area contributed by atoms with Crippen LogP contribution in [0.5, 0.6) is 5.75 Å². The average Bonchev–Trinajstić information content (AvgIpc) is 2.87. The molecule has 1 heterocycles. The molecule has 0 radical (unpaired) electrons.